The molecule has 0 aromatic heterocycles. The minimum Gasteiger partial charge on any atom is -0.396 e. The highest BCUT2D eigenvalue weighted by Gasteiger charge is 2.36. The predicted molar refractivity (Wildman–Crippen MR) is 56.5 cm³/mol. The first-order chi connectivity index (χ1) is 8.66. The van der Waals surface area contributed by atoms with Crippen molar-refractivity contribution in [2.75, 3.05) is 6.61 Å². The summed E-state index contributed by atoms with van der Waals surface area (Å²) in [4.78, 5) is 0. The third-order valence-corrected chi connectivity index (χ3v) is 2.59. The topological polar surface area (TPSA) is 20.2 Å². The number of aryl methyl sites for hydroxylation is 1. The average Bonchev–Trinajstić information content (AvgIpc) is 2.26. The Balaban J connectivity index is 3.12. The fourth-order valence-electron chi connectivity index (χ4n) is 1.68. The molecule has 1 aromatic carbocycles. The summed E-state index contributed by atoms with van der Waals surface area (Å²) in [6.07, 6.45) is -9.07. The number of rotatable bonds is 4. The average molecular weight is 286 g/mol. The summed E-state index contributed by atoms with van der Waals surface area (Å²) in [6, 6.07) is 1.41. The fraction of sp³-hybridized carbons (Fsp3) is 0.500. The Morgan fingerprint density at radius 1 is 0.895 bits per heavy atom. The zero-order valence-corrected chi connectivity index (χ0v) is 9.78. The molecule has 1 N–H and O–H groups in total. The molecule has 19 heavy (non-hydrogen) atoms. The van der Waals surface area contributed by atoms with Crippen molar-refractivity contribution in [1.82, 2.24) is 0 Å². The third kappa shape index (κ3) is 4.41. The number of alkyl halides is 6. The van der Waals surface area contributed by atoms with E-state index in [1.54, 1.807) is 0 Å². The normalized spacial score (nSPS) is 12.8. The van der Waals surface area contributed by atoms with E-state index in [1.807, 2.05) is 0 Å². The second-order valence-corrected chi connectivity index (χ2v) is 4.05. The summed E-state index contributed by atoms with van der Waals surface area (Å²) < 4.78 is 75.4. The van der Waals surface area contributed by atoms with E-state index in [2.05, 4.69) is 0 Å². The lowest BCUT2D eigenvalue weighted by Gasteiger charge is -2.15. The monoisotopic (exact) mass is 286 g/mol. The van der Waals surface area contributed by atoms with E-state index in [-0.39, 0.29) is 25.9 Å². The number of hydrogen-bond acceptors (Lipinski definition) is 1. The zero-order valence-electron chi connectivity index (χ0n) is 9.78. The SMILES string of the molecule is OCCCCc1cc(C(F)(F)F)ccc1C(F)(F)F. The first-order valence-corrected chi connectivity index (χ1v) is 5.54. The van der Waals surface area contributed by atoms with Crippen molar-refractivity contribution in [2.24, 2.45) is 0 Å². The van der Waals surface area contributed by atoms with Gasteiger partial charge >= 0.3 is 12.4 Å². The van der Waals surface area contributed by atoms with Crippen LogP contribution in [-0.2, 0) is 18.8 Å². The van der Waals surface area contributed by atoms with Crippen molar-refractivity contribution in [1.29, 1.82) is 0 Å². The second kappa shape index (κ2) is 5.81. The maximum atomic E-state index is 12.7. The Morgan fingerprint density at radius 3 is 2.00 bits per heavy atom. The van der Waals surface area contributed by atoms with Crippen LogP contribution in [0, 0.1) is 0 Å². The number of halogens is 6. The molecule has 7 heteroatoms. The predicted octanol–water partition coefficient (Wildman–Crippen LogP) is 4.04. The van der Waals surface area contributed by atoms with Gasteiger partial charge in [0.1, 0.15) is 0 Å². The van der Waals surface area contributed by atoms with E-state index in [4.69, 9.17) is 5.11 Å². The molecule has 0 saturated heterocycles. The van der Waals surface area contributed by atoms with Crippen LogP contribution in [0.5, 0.6) is 0 Å². The Hall–Kier alpha value is -1.24. The van der Waals surface area contributed by atoms with Gasteiger partial charge in [-0.2, -0.15) is 26.3 Å². The number of hydrogen-bond donors (Lipinski definition) is 1. The van der Waals surface area contributed by atoms with Crippen LogP contribution in [0.1, 0.15) is 29.5 Å². The molecule has 0 aliphatic carbocycles. The largest absolute Gasteiger partial charge is 0.416 e. The molecule has 0 aliphatic rings. The van der Waals surface area contributed by atoms with Crippen LogP contribution >= 0.6 is 0 Å². The maximum absolute atomic E-state index is 12.7. The molecular formula is C12H12F6O. The summed E-state index contributed by atoms with van der Waals surface area (Å²) in [7, 11) is 0. The van der Waals surface area contributed by atoms with Gasteiger partial charge in [-0.05, 0) is 43.0 Å². The lowest BCUT2D eigenvalue weighted by Crippen LogP contribution is -2.13. The first kappa shape index (κ1) is 15.8. The second-order valence-electron chi connectivity index (χ2n) is 4.05. The van der Waals surface area contributed by atoms with Gasteiger partial charge in [-0.3, -0.25) is 0 Å². The molecule has 0 saturated carbocycles. The lowest BCUT2D eigenvalue weighted by molar-refractivity contribution is -0.141. The van der Waals surface area contributed by atoms with E-state index in [0.29, 0.717) is 18.2 Å². The summed E-state index contributed by atoms with van der Waals surface area (Å²) in [5.74, 6) is 0. The van der Waals surface area contributed by atoms with E-state index in [0.717, 1.165) is 0 Å². The summed E-state index contributed by atoms with van der Waals surface area (Å²) >= 11 is 0. The molecule has 0 atom stereocenters. The van der Waals surface area contributed by atoms with E-state index in [1.165, 1.54) is 0 Å². The van der Waals surface area contributed by atoms with Gasteiger partial charge in [-0.25, -0.2) is 0 Å². The summed E-state index contributed by atoms with van der Waals surface area (Å²) in [5, 5.41) is 8.56. The highest BCUT2D eigenvalue weighted by Crippen LogP contribution is 2.36. The van der Waals surface area contributed by atoms with Gasteiger partial charge in [0.2, 0.25) is 0 Å². The van der Waals surface area contributed by atoms with Crippen LogP contribution in [-0.4, -0.2) is 11.7 Å². The molecule has 1 nitrogen and oxygen atoms in total. The van der Waals surface area contributed by atoms with Gasteiger partial charge in [-0.1, -0.05) is 0 Å². The number of aliphatic hydroxyl groups excluding tert-OH is 1. The number of unbranched alkanes of at least 4 members (excludes halogenated alkanes) is 1. The van der Waals surface area contributed by atoms with Crippen LogP contribution in [0.2, 0.25) is 0 Å². The van der Waals surface area contributed by atoms with Crippen LogP contribution in [0.3, 0.4) is 0 Å². The summed E-state index contributed by atoms with van der Waals surface area (Å²) in [6.45, 7) is -0.208. The van der Waals surface area contributed by atoms with Crippen molar-refractivity contribution in [3.05, 3.63) is 34.9 Å². The zero-order chi connectivity index (χ0) is 14.7. The molecule has 0 fully saturated rings. The Bertz CT molecular complexity index is 421. The Kier molecular flexibility index (Phi) is 4.84. The fourth-order valence-corrected chi connectivity index (χ4v) is 1.68. The number of benzene rings is 1. The molecule has 1 aromatic rings. The van der Waals surface area contributed by atoms with Crippen LogP contribution in [0.15, 0.2) is 18.2 Å². The Labute approximate surface area is 105 Å². The van der Waals surface area contributed by atoms with Gasteiger partial charge in [-0.15, -0.1) is 0 Å². The van der Waals surface area contributed by atoms with Gasteiger partial charge in [0.15, 0.2) is 0 Å². The summed E-state index contributed by atoms with van der Waals surface area (Å²) in [5.41, 5.74) is -2.55. The highest BCUT2D eigenvalue weighted by atomic mass is 19.4. The van der Waals surface area contributed by atoms with Crippen LogP contribution < -0.4 is 0 Å². The molecule has 0 spiro atoms. The molecular weight excluding hydrogens is 274 g/mol. The molecule has 0 radical (unpaired) electrons. The quantitative estimate of drug-likeness (QED) is 0.654. The highest BCUT2D eigenvalue weighted by molar-refractivity contribution is 5.35. The lowest BCUT2D eigenvalue weighted by atomic mass is 9.98. The van der Waals surface area contributed by atoms with Crippen LogP contribution in [0.4, 0.5) is 26.3 Å². The van der Waals surface area contributed by atoms with Gasteiger partial charge in [0.05, 0.1) is 11.1 Å². The molecule has 108 valence electrons. The molecule has 1 rings (SSSR count). The van der Waals surface area contributed by atoms with Crippen LogP contribution in [0.25, 0.3) is 0 Å². The van der Waals surface area contributed by atoms with Crippen molar-refractivity contribution < 1.29 is 31.4 Å². The minimum atomic E-state index is -4.68. The molecule has 0 bridgehead atoms. The van der Waals surface area contributed by atoms with E-state index < -0.39 is 29.0 Å². The maximum Gasteiger partial charge on any atom is 0.416 e. The smallest absolute Gasteiger partial charge is 0.396 e. The molecule has 0 aliphatic heterocycles. The molecule has 0 heterocycles. The van der Waals surface area contributed by atoms with Gasteiger partial charge in [0, 0.05) is 6.61 Å². The Morgan fingerprint density at radius 2 is 1.53 bits per heavy atom. The molecule has 0 amide bonds. The van der Waals surface area contributed by atoms with Crippen molar-refractivity contribution in [3.8, 4) is 0 Å². The van der Waals surface area contributed by atoms with E-state index in [9.17, 15) is 26.3 Å². The number of aliphatic hydroxyl groups is 1. The standard InChI is InChI=1S/C12H12F6O/c13-11(14,15)9-4-5-10(12(16,17)18)8(7-9)3-1-2-6-19/h4-5,7,19H,1-3,6H2. The van der Waals surface area contributed by atoms with Crippen molar-refractivity contribution >= 4 is 0 Å². The van der Waals surface area contributed by atoms with Gasteiger partial charge in [0.25, 0.3) is 0 Å². The molecule has 0 unspecified atom stereocenters. The third-order valence-electron chi connectivity index (χ3n) is 2.59. The first-order valence-electron chi connectivity index (χ1n) is 5.54. The van der Waals surface area contributed by atoms with Crippen molar-refractivity contribution in [3.63, 3.8) is 0 Å². The van der Waals surface area contributed by atoms with E-state index >= 15 is 0 Å². The van der Waals surface area contributed by atoms with Gasteiger partial charge < -0.3 is 5.11 Å². The minimum absolute atomic E-state index is 0.153. The van der Waals surface area contributed by atoms with Crippen molar-refractivity contribution in [2.45, 2.75) is 31.6 Å².